The van der Waals surface area contributed by atoms with Gasteiger partial charge in [-0.1, -0.05) is 17.7 Å². The quantitative estimate of drug-likeness (QED) is 0.837. The number of hydrogen-bond acceptors (Lipinski definition) is 4. The van der Waals surface area contributed by atoms with Crippen LogP contribution in [0.3, 0.4) is 0 Å². The van der Waals surface area contributed by atoms with E-state index in [1.165, 1.54) is 4.90 Å². The number of amides is 3. The van der Waals surface area contributed by atoms with Crippen molar-refractivity contribution in [1.82, 2.24) is 4.90 Å². The first kappa shape index (κ1) is 15.7. The highest BCUT2D eigenvalue weighted by Crippen LogP contribution is 2.28. The van der Waals surface area contributed by atoms with Gasteiger partial charge in [0.05, 0.1) is 18.2 Å². The number of rotatable bonds is 3. The number of imide groups is 1. The van der Waals surface area contributed by atoms with E-state index in [-0.39, 0.29) is 30.1 Å². The van der Waals surface area contributed by atoms with Crippen LogP contribution in [0.4, 0.5) is 5.69 Å². The first-order valence-corrected chi connectivity index (χ1v) is 7.94. The molecule has 1 aromatic rings. The van der Waals surface area contributed by atoms with E-state index in [2.05, 4.69) is 0 Å². The van der Waals surface area contributed by atoms with Crippen LogP contribution in [0.1, 0.15) is 24.8 Å². The molecule has 0 saturated carbocycles. The highest BCUT2D eigenvalue weighted by atomic mass is 16.2. The number of hydrogen-bond donors (Lipinski definition) is 1. The molecule has 0 unspecified atom stereocenters. The maximum atomic E-state index is 12.7. The van der Waals surface area contributed by atoms with E-state index >= 15 is 0 Å². The summed E-state index contributed by atoms with van der Waals surface area (Å²) in [4.78, 5) is 39.5. The Kier molecular flexibility index (Phi) is 4.17. The number of piperidine rings is 1. The third kappa shape index (κ3) is 2.99. The number of benzene rings is 1. The van der Waals surface area contributed by atoms with Gasteiger partial charge in [0.1, 0.15) is 0 Å². The fourth-order valence-corrected chi connectivity index (χ4v) is 3.36. The van der Waals surface area contributed by atoms with E-state index in [0.29, 0.717) is 31.6 Å². The number of nitrogens with zero attached hydrogens (tertiary/aromatic N) is 2. The average molecular weight is 315 g/mol. The standard InChI is InChI=1S/C17H21N3O3/c1-11-2-4-13(5-3-11)20-15(21)10-14(17(20)23)19-8-6-12(7-9-19)16(18)22/h2-5,12,14H,6-10H2,1H3,(H2,18,22)/t14-/m0/s1. The molecule has 0 bridgehead atoms. The number of likely N-dealkylation sites (tertiary alicyclic amines) is 1. The van der Waals surface area contributed by atoms with Crippen molar-refractivity contribution >= 4 is 23.4 Å². The number of aryl methyl sites for hydroxylation is 1. The first-order valence-electron chi connectivity index (χ1n) is 7.94. The molecule has 0 radical (unpaired) electrons. The van der Waals surface area contributed by atoms with Crippen LogP contribution in [-0.4, -0.2) is 41.8 Å². The summed E-state index contributed by atoms with van der Waals surface area (Å²) in [6.07, 6.45) is 1.50. The van der Waals surface area contributed by atoms with Gasteiger partial charge in [0.15, 0.2) is 0 Å². The number of carbonyl (C=O) groups excluding carboxylic acids is 3. The minimum Gasteiger partial charge on any atom is -0.369 e. The monoisotopic (exact) mass is 315 g/mol. The Bertz CT molecular complexity index is 633. The van der Waals surface area contributed by atoms with E-state index in [4.69, 9.17) is 5.73 Å². The van der Waals surface area contributed by atoms with Gasteiger partial charge >= 0.3 is 0 Å². The van der Waals surface area contributed by atoms with E-state index in [1.54, 1.807) is 12.1 Å². The van der Waals surface area contributed by atoms with Gasteiger partial charge in [-0.2, -0.15) is 0 Å². The van der Waals surface area contributed by atoms with Crippen molar-refractivity contribution in [2.45, 2.75) is 32.2 Å². The van der Waals surface area contributed by atoms with Gasteiger partial charge in [0, 0.05) is 5.92 Å². The lowest BCUT2D eigenvalue weighted by molar-refractivity contribution is -0.124. The minimum absolute atomic E-state index is 0.119. The Morgan fingerprint density at radius 3 is 2.30 bits per heavy atom. The molecule has 1 atom stereocenters. The van der Waals surface area contributed by atoms with Crippen molar-refractivity contribution in [3.05, 3.63) is 29.8 Å². The molecule has 1 aromatic carbocycles. The maximum Gasteiger partial charge on any atom is 0.251 e. The van der Waals surface area contributed by atoms with Crippen molar-refractivity contribution in [3.63, 3.8) is 0 Å². The molecule has 2 aliphatic rings. The molecule has 2 aliphatic heterocycles. The summed E-state index contributed by atoms with van der Waals surface area (Å²) < 4.78 is 0. The lowest BCUT2D eigenvalue weighted by atomic mass is 9.95. The normalized spacial score (nSPS) is 23.5. The SMILES string of the molecule is Cc1ccc(N2C(=O)C[C@H](N3CCC(C(N)=O)CC3)C2=O)cc1. The third-order valence-corrected chi connectivity index (χ3v) is 4.79. The Balaban J connectivity index is 1.72. The van der Waals surface area contributed by atoms with Crippen LogP contribution in [0.2, 0.25) is 0 Å². The highest BCUT2D eigenvalue weighted by molar-refractivity contribution is 6.22. The molecular formula is C17H21N3O3. The summed E-state index contributed by atoms with van der Waals surface area (Å²) in [6, 6.07) is 6.96. The summed E-state index contributed by atoms with van der Waals surface area (Å²) >= 11 is 0. The van der Waals surface area contributed by atoms with Gasteiger partial charge in [-0.05, 0) is 45.0 Å². The summed E-state index contributed by atoms with van der Waals surface area (Å²) in [7, 11) is 0. The number of primary amides is 1. The molecule has 0 spiro atoms. The van der Waals surface area contributed by atoms with E-state index in [1.807, 2.05) is 24.0 Å². The zero-order valence-corrected chi connectivity index (χ0v) is 13.2. The first-order chi connectivity index (χ1) is 11.0. The van der Waals surface area contributed by atoms with Crippen molar-refractivity contribution in [2.75, 3.05) is 18.0 Å². The van der Waals surface area contributed by atoms with Crippen LogP contribution in [0.25, 0.3) is 0 Å². The fourth-order valence-electron chi connectivity index (χ4n) is 3.36. The number of anilines is 1. The lowest BCUT2D eigenvalue weighted by Gasteiger charge is -2.33. The smallest absolute Gasteiger partial charge is 0.251 e. The largest absolute Gasteiger partial charge is 0.369 e. The Morgan fingerprint density at radius 1 is 1.13 bits per heavy atom. The van der Waals surface area contributed by atoms with E-state index in [9.17, 15) is 14.4 Å². The van der Waals surface area contributed by atoms with Crippen LogP contribution in [-0.2, 0) is 14.4 Å². The van der Waals surface area contributed by atoms with Crippen molar-refractivity contribution in [1.29, 1.82) is 0 Å². The van der Waals surface area contributed by atoms with Gasteiger partial charge in [0.25, 0.3) is 5.91 Å². The summed E-state index contributed by atoms with van der Waals surface area (Å²) in [6.45, 7) is 3.21. The third-order valence-electron chi connectivity index (χ3n) is 4.79. The molecule has 0 aliphatic carbocycles. The fraction of sp³-hybridized carbons (Fsp3) is 0.471. The molecule has 2 saturated heterocycles. The second-order valence-electron chi connectivity index (χ2n) is 6.34. The maximum absolute atomic E-state index is 12.7. The van der Waals surface area contributed by atoms with Crippen LogP contribution < -0.4 is 10.6 Å². The summed E-state index contributed by atoms with van der Waals surface area (Å²) in [5.74, 6) is -0.733. The topological polar surface area (TPSA) is 83.7 Å². The second-order valence-corrected chi connectivity index (χ2v) is 6.34. The predicted octanol–water partition coefficient (Wildman–Crippen LogP) is 0.824. The average Bonchev–Trinajstić information content (AvgIpc) is 2.83. The zero-order valence-electron chi connectivity index (χ0n) is 13.2. The molecule has 6 nitrogen and oxygen atoms in total. The van der Waals surface area contributed by atoms with Gasteiger partial charge in [-0.25, -0.2) is 4.90 Å². The highest BCUT2D eigenvalue weighted by Gasteiger charge is 2.43. The molecule has 0 aromatic heterocycles. The van der Waals surface area contributed by atoms with E-state index in [0.717, 1.165) is 5.56 Å². The number of nitrogens with two attached hydrogens (primary N) is 1. The molecule has 2 N–H and O–H groups in total. The Hall–Kier alpha value is -2.21. The number of carbonyl (C=O) groups is 3. The van der Waals surface area contributed by atoms with Crippen molar-refractivity contribution < 1.29 is 14.4 Å². The summed E-state index contributed by atoms with van der Waals surface area (Å²) in [5, 5.41) is 0. The minimum atomic E-state index is -0.419. The lowest BCUT2D eigenvalue weighted by Crippen LogP contribution is -2.47. The Morgan fingerprint density at radius 2 is 1.74 bits per heavy atom. The van der Waals surface area contributed by atoms with Crippen LogP contribution >= 0.6 is 0 Å². The molecule has 2 fully saturated rings. The van der Waals surface area contributed by atoms with Crippen molar-refractivity contribution in [2.24, 2.45) is 11.7 Å². The van der Waals surface area contributed by atoms with Gasteiger partial charge < -0.3 is 5.73 Å². The molecule has 6 heteroatoms. The van der Waals surface area contributed by atoms with Crippen LogP contribution in [0, 0.1) is 12.8 Å². The van der Waals surface area contributed by atoms with Gasteiger partial charge in [0.2, 0.25) is 11.8 Å². The van der Waals surface area contributed by atoms with Crippen LogP contribution in [0.5, 0.6) is 0 Å². The molecule has 23 heavy (non-hydrogen) atoms. The molecule has 3 amide bonds. The predicted molar refractivity (Wildman–Crippen MR) is 85.6 cm³/mol. The second kappa shape index (κ2) is 6.12. The van der Waals surface area contributed by atoms with Gasteiger partial charge in [-0.3, -0.25) is 19.3 Å². The molecule has 2 heterocycles. The van der Waals surface area contributed by atoms with Gasteiger partial charge in [-0.15, -0.1) is 0 Å². The zero-order chi connectivity index (χ0) is 16.6. The Labute approximate surface area is 135 Å². The van der Waals surface area contributed by atoms with Crippen LogP contribution in [0.15, 0.2) is 24.3 Å². The molecule has 122 valence electrons. The van der Waals surface area contributed by atoms with Crippen molar-refractivity contribution in [3.8, 4) is 0 Å². The summed E-state index contributed by atoms with van der Waals surface area (Å²) in [5.41, 5.74) is 7.05. The molecule has 3 rings (SSSR count). The molecular weight excluding hydrogens is 294 g/mol. The van der Waals surface area contributed by atoms with E-state index < -0.39 is 6.04 Å².